The minimum absolute atomic E-state index is 0.143. The van der Waals surface area contributed by atoms with Gasteiger partial charge in [0.1, 0.15) is 17.1 Å². The molecule has 3 aromatic rings. The van der Waals surface area contributed by atoms with Crippen molar-refractivity contribution in [1.29, 1.82) is 0 Å². The van der Waals surface area contributed by atoms with E-state index in [2.05, 4.69) is 21.2 Å². The Balaban J connectivity index is 1.69. The Morgan fingerprint density at radius 2 is 1.78 bits per heavy atom. The van der Waals surface area contributed by atoms with Gasteiger partial charge in [-0.1, -0.05) is 28.1 Å². The van der Waals surface area contributed by atoms with Gasteiger partial charge in [-0.25, -0.2) is 14.5 Å². The van der Waals surface area contributed by atoms with E-state index in [-0.39, 0.29) is 16.9 Å². The normalized spacial score (nSPS) is 15.2. The van der Waals surface area contributed by atoms with E-state index in [9.17, 15) is 24.3 Å². The van der Waals surface area contributed by atoms with Crippen LogP contribution in [-0.4, -0.2) is 28.9 Å². The van der Waals surface area contributed by atoms with Gasteiger partial charge in [0, 0.05) is 10.0 Å². The third-order valence-corrected chi connectivity index (χ3v) is 5.46. The molecule has 0 atom stereocenters. The lowest BCUT2D eigenvalue weighted by atomic mass is 10.0. The molecule has 1 aliphatic heterocycles. The highest BCUT2D eigenvalue weighted by Gasteiger charge is 2.37. The predicted molar refractivity (Wildman–Crippen MR) is 119 cm³/mol. The average Bonchev–Trinajstić information content (AvgIpc) is 3.21. The zero-order valence-corrected chi connectivity index (χ0v) is 18.2. The highest BCUT2D eigenvalue weighted by molar-refractivity contribution is 9.10. The van der Waals surface area contributed by atoms with Gasteiger partial charge in [-0.15, -0.1) is 0 Å². The number of nitrogens with zero attached hydrogens (tertiary/aromatic N) is 1. The van der Waals surface area contributed by atoms with E-state index in [1.54, 1.807) is 55.5 Å². The van der Waals surface area contributed by atoms with E-state index >= 15 is 0 Å². The Labute approximate surface area is 190 Å². The van der Waals surface area contributed by atoms with E-state index in [0.717, 1.165) is 9.37 Å². The van der Waals surface area contributed by atoms with E-state index in [1.807, 2.05) is 0 Å². The lowest BCUT2D eigenvalue weighted by molar-refractivity contribution is -0.122. The number of carbonyl (C=O) groups excluding carboxylic acids is 3. The quantitative estimate of drug-likeness (QED) is 0.410. The number of carbonyl (C=O) groups is 4. The number of urea groups is 1. The molecule has 0 radical (unpaired) electrons. The highest BCUT2D eigenvalue weighted by Crippen LogP contribution is 2.29. The van der Waals surface area contributed by atoms with Crippen LogP contribution < -0.4 is 10.2 Å². The summed E-state index contributed by atoms with van der Waals surface area (Å²) in [5, 5.41) is 11.5. The largest absolute Gasteiger partial charge is 0.478 e. The molecule has 4 amide bonds. The Kier molecular flexibility index (Phi) is 5.50. The van der Waals surface area contributed by atoms with Crippen molar-refractivity contribution in [2.24, 2.45) is 0 Å². The number of rotatable bonds is 4. The van der Waals surface area contributed by atoms with Gasteiger partial charge < -0.3 is 9.52 Å². The Morgan fingerprint density at radius 1 is 1.06 bits per heavy atom. The Hall–Kier alpha value is -3.98. The third-order valence-electron chi connectivity index (χ3n) is 4.93. The fourth-order valence-corrected chi connectivity index (χ4v) is 3.60. The standard InChI is InChI=1S/C23H15BrN2O6/c1-12-16(3-2-4-17(12)22(29)30)19-10-9-15(32-19)11-18-20(27)25-23(31)26(21(18)28)14-7-5-13(24)6-8-14/h2-11H,1H3,(H,29,30)(H,25,27,31)/b18-11+. The number of barbiturate groups is 1. The van der Waals surface area contributed by atoms with Crippen LogP contribution in [0.25, 0.3) is 17.4 Å². The first kappa shape index (κ1) is 21.3. The summed E-state index contributed by atoms with van der Waals surface area (Å²) in [7, 11) is 0. The summed E-state index contributed by atoms with van der Waals surface area (Å²) in [5.41, 5.74) is 1.26. The van der Waals surface area contributed by atoms with Crippen molar-refractivity contribution < 1.29 is 28.7 Å². The van der Waals surface area contributed by atoms with Gasteiger partial charge in [-0.2, -0.15) is 0 Å². The smallest absolute Gasteiger partial charge is 0.335 e. The van der Waals surface area contributed by atoms with Crippen molar-refractivity contribution in [2.45, 2.75) is 6.92 Å². The monoisotopic (exact) mass is 494 g/mol. The molecule has 32 heavy (non-hydrogen) atoms. The van der Waals surface area contributed by atoms with Crippen LogP contribution >= 0.6 is 15.9 Å². The molecular weight excluding hydrogens is 480 g/mol. The molecule has 0 bridgehead atoms. The predicted octanol–water partition coefficient (Wildman–Crippen LogP) is 4.38. The molecule has 8 nitrogen and oxygen atoms in total. The number of anilines is 1. The molecule has 2 aromatic carbocycles. The number of furan rings is 1. The number of amides is 4. The van der Waals surface area contributed by atoms with E-state index in [1.165, 1.54) is 12.1 Å². The number of benzene rings is 2. The first-order valence-corrected chi connectivity index (χ1v) is 10.2. The lowest BCUT2D eigenvalue weighted by Gasteiger charge is -2.26. The van der Waals surface area contributed by atoms with Crippen molar-refractivity contribution in [1.82, 2.24) is 5.32 Å². The summed E-state index contributed by atoms with van der Waals surface area (Å²) in [6.07, 6.45) is 1.25. The second-order valence-corrected chi connectivity index (χ2v) is 7.84. The zero-order chi connectivity index (χ0) is 23.0. The molecule has 0 saturated carbocycles. The number of carboxylic acid groups (broad SMARTS) is 1. The maximum Gasteiger partial charge on any atom is 0.335 e. The second-order valence-electron chi connectivity index (χ2n) is 6.92. The van der Waals surface area contributed by atoms with Gasteiger partial charge >= 0.3 is 12.0 Å². The molecular formula is C23H15BrN2O6. The molecule has 0 aliphatic carbocycles. The second kappa shape index (κ2) is 8.27. The number of carboxylic acids is 1. The molecule has 1 aliphatic rings. The van der Waals surface area contributed by atoms with Crippen LogP contribution in [0.2, 0.25) is 0 Å². The molecule has 160 valence electrons. The summed E-state index contributed by atoms with van der Waals surface area (Å²) in [6, 6.07) is 13.6. The highest BCUT2D eigenvalue weighted by atomic mass is 79.9. The lowest BCUT2D eigenvalue weighted by Crippen LogP contribution is -2.54. The summed E-state index contributed by atoms with van der Waals surface area (Å²) in [5.74, 6) is -2.11. The molecule has 2 N–H and O–H groups in total. The van der Waals surface area contributed by atoms with Gasteiger partial charge in [-0.05, 0) is 61.0 Å². The molecule has 1 saturated heterocycles. The summed E-state index contributed by atoms with van der Waals surface area (Å²) < 4.78 is 6.52. The SMILES string of the molecule is Cc1c(C(=O)O)cccc1-c1ccc(/C=C2\C(=O)NC(=O)N(c3ccc(Br)cc3)C2=O)o1. The summed E-state index contributed by atoms with van der Waals surface area (Å²) in [4.78, 5) is 49.8. The zero-order valence-electron chi connectivity index (χ0n) is 16.6. The van der Waals surface area contributed by atoms with E-state index in [4.69, 9.17) is 4.42 Å². The van der Waals surface area contributed by atoms with E-state index < -0.39 is 23.8 Å². The van der Waals surface area contributed by atoms with Crippen LogP contribution in [0.1, 0.15) is 21.7 Å². The van der Waals surface area contributed by atoms with Gasteiger partial charge in [-0.3, -0.25) is 14.9 Å². The van der Waals surface area contributed by atoms with Gasteiger partial charge in [0.05, 0.1) is 11.3 Å². The summed E-state index contributed by atoms with van der Waals surface area (Å²) in [6.45, 7) is 1.67. The van der Waals surface area contributed by atoms with Gasteiger partial charge in [0.2, 0.25) is 0 Å². The first-order valence-electron chi connectivity index (χ1n) is 9.36. The molecule has 1 aromatic heterocycles. The summed E-state index contributed by atoms with van der Waals surface area (Å²) >= 11 is 3.29. The number of hydrogen-bond acceptors (Lipinski definition) is 5. The number of hydrogen-bond donors (Lipinski definition) is 2. The van der Waals surface area contributed by atoms with E-state index in [0.29, 0.717) is 22.6 Å². The third kappa shape index (κ3) is 3.85. The minimum Gasteiger partial charge on any atom is -0.478 e. The fourth-order valence-electron chi connectivity index (χ4n) is 3.33. The van der Waals surface area contributed by atoms with Crippen LogP contribution in [0.4, 0.5) is 10.5 Å². The van der Waals surface area contributed by atoms with Gasteiger partial charge in [0.25, 0.3) is 11.8 Å². The first-order chi connectivity index (χ1) is 15.3. The molecule has 4 rings (SSSR count). The van der Waals surface area contributed by atoms with Crippen LogP contribution in [0.15, 0.2) is 69.1 Å². The number of halogens is 1. The fraction of sp³-hybridized carbons (Fsp3) is 0.0435. The average molecular weight is 495 g/mol. The van der Waals surface area contributed by atoms with Crippen LogP contribution in [0, 0.1) is 6.92 Å². The molecule has 1 fully saturated rings. The maximum absolute atomic E-state index is 12.9. The number of imide groups is 2. The van der Waals surface area contributed by atoms with Crippen LogP contribution in [0.3, 0.4) is 0 Å². The van der Waals surface area contributed by atoms with Crippen molar-refractivity contribution >= 4 is 51.5 Å². The van der Waals surface area contributed by atoms with Crippen molar-refractivity contribution in [3.05, 3.63) is 81.5 Å². The van der Waals surface area contributed by atoms with Crippen molar-refractivity contribution in [2.75, 3.05) is 4.90 Å². The minimum atomic E-state index is -1.06. The number of aromatic carboxylic acids is 1. The van der Waals surface area contributed by atoms with Crippen molar-refractivity contribution in [3.63, 3.8) is 0 Å². The molecule has 9 heteroatoms. The Bertz CT molecular complexity index is 1310. The molecule has 2 heterocycles. The van der Waals surface area contributed by atoms with Crippen LogP contribution in [-0.2, 0) is 9.59 Å². The topological polar surface area (TPSA) is 117 Å². The molecule has 0 unspecified atom stereocenters. The van der Waals surface area contributed by atoms with Gasteiger partial charge in [0.15, 0.2) is 0 Å². The molecule has 0 spiro atoms. The Morgan fingerprint density at radius 3 is 2.47 bits per heavy atom. The van der Waals surface area contributed by atoms with Crippen molar-refractivity contribution in [3.8, 4) is 11.3 Å². The number of nitrogens with one attached hydrogen (secondary N) is 1. The maximum atomic E-state index is 12.9. The van der Waals surface area contributed by atoms with Crippen LogP contribution in [0.5, 0.6) is 0 Å².